The summed E-state index contributed by atoms with van der Waals surface area (Å²) in [5.41, 5.74) is 0.0668. The molecule has 0 saturated heterocycles. The molecule has 2 amide bonds. The van der Waals surface area contributed by atoms with Crippen molar-refractivity contribution in [1.82, 2.24) is 4.90 Å². The van der Waals surface area contributed by atoms with Crippen molar-refractivity contribution < 1.29 is 18.7 Å². The van der Waals surface area contributed by atoms with Crippen LogP contribution in [0.1, 0.15) is 20.3 Å². The largest absolute Gasteiger partial charge is 0.396 e. The number of hydrogen-bond acceptors (Lipinski definition) is 2. The van der Waals surface area contributed by atoms with Gasteiger partial charge in [0.15, 0.2) is 0 Å². The fraction of sp³-hybridized carbons (Fsp3) is 0.462. The number of aliphatic hydroxyl groups is 1. The third kappa shape index (κ3) is 4.82. The van der Waals surface area contributed by atoms with E-state index in [1.807, 2.05) is 13.8 Å². The molecule has 0 aliphatic rings. The van der Waals surface area contributed by atoms with Crippen LogP contribution >= 0.6 is 0 Å². The van der Waals surface area contributed by atoms with E-state index in [0.29, 0.717) is 13.0 Å². The molecular weight excluding hydrogens is 254 g/mol. The Hall–Kier alpha value is -1.69. The fourth-order valence-electron chi connectivity index (χ4n) is 1.66. The molecule has 0 unspecified atom stereocenters. The molecule has 0 spiro atoms. The van der Waals surface area contributed by atoms with E-state index in [2.05, 4.69) is 5.32 Å². The van der Waals surface area contributed by atoms with E-state index in [1.165, 1.54) is 4.90 Å². The van der Waals surface area contributed by atoms with Gasteiger partial charge in [-0.25, -0.2) is 13.6 Å². The van der Waals surface area contributed by atoms with Gasteiger partial charge >= 0.3 is 6.03 Å². The zero-order chi connectivity index (χ0) is 14.4. The van der Waals surface area contributed by atoms with Crippen molar-refractivity contribution in [3.63, 3.8) is 0 Å². The average Bonchev–Trinajstić information content (AvgIpc) is 2.27. The Morgan fingerprint density at radius 3 is 2.37 bits per heavy atom. The minimum atomic E-state index is -0.748. The fourth-order valence-corrected chi connectivity index (χ4v) is 1.66. The molecule has 19 heavy (non-hydrogen) atoms. The molecule has 0 atom stereocenters. The second kappa shape index (κ2) is 7.04. The summed E-state index contributed by atoms with van der Waals surface area (Å²) in [5.74, 6) is -1.50. The van der Waals surface area contributed by atoms with Crippen LogP contribution in [0.2, 0.25) is 0 Å². The van der Waals surface area contributed by atoms with Gasteiger partial charge in [-0.15, -0.1) is 0 Å². The number of anilines is 1. The number of carbonyl (C=O) groups is 1. The van der Waals surface area contributed by atoms with Crippen LogP contribution in [0.25, 0.3) is 0 Å². The summed E-state index contributed by atoms with van der Waals surface area (Å²) in [6, 6.07) is 2.30. The normalized spacial score (nSPS) is 10.6. The highest BCUT2D eigenvalue weighted by Crippen LogP contribution is 2.14. The van der Waals surface area contributed by atoms with E-state index in [0.717, 1.165) is 18.2 Å². The lowest BCUT2D eigenvalue weighted by Crippen LogP contribution is -2.41. The second-order valence-electron chi connectivity index (χ2n) is 4.45. The molecular formula is C13H18F2N2O2. The van der Waals surface area contributed by atoms with Crippen LogP contribution in [0, 0.1) is 11.6 Å². The predicted octanol–water partition coefficient (Wildman–Crippen LogP) is 2.59. The van der Waals surface area contributed by atoms with E-state index in [-0.39, 0.29) is 18.3 Å². The Morgan fingerprint density at radius 1 is 1.32 bits per heavy atom. The zero-order valence-corrected chi connectivity index (χ0v) is 11.0. The van der Waals surface area contributed by atoms with Crippen molar-refractivity contribution in [2.75, 3.05) is 18.5 Å². The summed E-state index contributed by atoms with van der Waals surface area (Å²) in [6.45, 7) is 4.00. The molecule has 0 aromatic heterocycles. The van der Waals surface area contributed by atoms with Gasteiger partial charge in [-0.3, -0.25) is 0 Å². The van der Waals surface area contributed by atoms with Crippen LogP contribution in [-0.4, -0.2) is 35.2 Å². The Morgan fingerprint density at radius 2 is 1.89 bits per heavy atom. The third-order valence-electron chi connectivity index (χ3n) is 2.56. The minimum Gasteiger partial charge on any atom is -0.396 e. The Labute approximate surface area is 111 Å². The summed E-state index contributed by atoms with van der Waals surface area (Å²) < 4.78 is 26.0. The van der Waals surface area contributed by atoms with Gasteiger partial charge in [0.2, 0.25) is 0 Å². The van der Waals surface area contributed by atoms with Gasteiger partial charge in [0, 0.05) is 30.9 Å². The van der Waals surface area contributed by atoms with E-state index in [1.54, 1.807) is 0 Å². The lowest BCUT2D eigenvalue weighted by atomic mass is 10.3. The second-order valence-corrected chi connectivity index (χ2v) is 4.45. The van der Waals surface area contributed by atoms with Crippen LogP contribution in [0.15, 0.2) is 18.2 Å². The third-order valence-corrected chi connectivity index (χ3v) is 2.56. The molecule has 0 fully saturated rings. The predicted molar refractivity (Wildman–Crippen MR) is 68.9 cm³/mol. The maximum Gasteiger partial charge on any atom is 0.322 e. The van der Waals surface area contributed by atoms with Gasteiger partial charge in [0.1, 0.15) is 11.6 Å². The molecule has 0 radical (unpaired) electrons. The lowest BCUT2D eigenvalue weighted by Gasteiger charge is -2.26. The number of benzene rings is 1. The van der Waals surface area contributed by atoms with E-state index < -0.39 is 17.7 Å². The quantitative estimate of drug-likeness (QED) is 0.865. The first-order valence-electron chi connectivity index (χ1n) is 6.08. The van der Waals surface area contributed by atoms with E-state index in [9.17, 15) is 13.6 Å². The lowest BCUT2D eigenvalue weighted by molar-refractivity contribution is 0.186. The van der Waals surface area contributed by atoms with Crippen LogP contribution < -0.4 is 5.32 Å². The van der Waals surface area contributed by atoms with Crippen LogP contribution in [0.3, 0.4) is 0 Å². The molecule has 1 aromatic rings. The van der Waals surface area contributed by atoms with Gasteiger partial charge in [0.05, 0.1) is 0 Å². The smallest absolute Gasteiger partial charge is 0.322 e. The monoisotopic (exact) mass is 272 g/mol. The van der Waals surface area contributed by atoms with Crippen molar-refractivity contribution in [2.45, 2.75) is 26.3 Å². The Kier molecular flexibility index (Phi) is 5.69. The van der Waals surface area contributed by atoms with E-state index >= 15 is 0 Å². The SMILES string of the molecule is CC(C)N(CCCO)C(=O)Nc1cc(F)cc(F)c1. The summed E-state index contributed by atoms with van der Waals surface area (Å²) in [7, 11) is 0. The summed E-state index contributed by atoms with van der Waals surface area (Å²) >= 11 is 0. The molecule has 0 aliphatic heterocycles. The van der Waals surface area contributed by atoms with Gasteiger partial charge < -0.3 is 15.3 Å². The van der Waals surface area contributed by atoms with Crippen molar-refractivity contribution in [3.8, 4) is 0 Å². The topological polar surface area (TPSA) is 52.6 Å². The van der Waals surface area contributed by atoms with Gasteiger partial charge in [0.25, 0.3) is 0 Å². The van der Waals surface area contributed by atoms with Crippen molar-refractivity contribution in [3.05, 3.63) is 29.8 Å². The summed E-state index contributed by atoms with van der Waals surface area (Å²) in [4.78, 5) is 13.5. The highest BCUT2D eigenvalue weighted by atomic mass is 19.1. The number of nitrogens with one attached hydrogen (secondary N) is 1. The summed E-state index contributed by atoms with van der Waals surface area (Å²) in [6.07, 6.45) is 0.448. The molecule has 1 rings (SSSR count). The van der Waals surface area contributed by atoms with Gasteiger partial charge in [-0.1, -0.05) is 0 Å². The first kappa shape index (κ1) is 15.4. The minimum absolute atomic E-state index is 0.0227. The molecule has 6 heteroatoms. The van der Waals surface area contributed by atoms with E-state index in [4.69, 9.17) is 5.11 Å². The number of amides is 2. The molecule has 2 N–H and O–H groups in total. The van der Waals surface area contributed by atoms with Crippen LogP contribution in [-0.2, 0) is 0 Å². The Bertz CT molecular complexity index is 418. The standard InChI is InChI=1S/C13H18F2N2O2/c1-9(2)17(4-3-5-18)13(19)16-12-7-10(14)6-11(15)8-12/h6-9,18H,3-5H2,1-2H3,(H,16,19). The van der Waals surface area contributed by atoms with Crippen molar-refractivity contribution in [2.24, 2.45) is 0 Å². The first-order valence-corrected chi connectivity index (χ1v) is 6.08. The highest BCUT2D eigenvalue weighted by Gasteiger charge is 2.16. The maximum absolute atomic E-state index is 13.0. The maximum atomic E-state index is 13.0. The Balaban J connectivity index is 2.75. The van der Waals surface area contributed by atoms with Gasteiger partial charge in [-0.2, -0.15) is 0 Å². The number of carbonyl (C=O) groups excluding carboxylic acids is 1. The number of halogens is 2. The number of aliphatic hydroxyl groups excluding tert-OH is 1. The van der Waals surface area contributed by atoms with Crippen molar-refractivity contribution in [1.29, 1.82) is 0 Å². The number of urea groups is 1. The molecule has 0 heterocycles. The molecule has 0 aliphatic carbocycles. The average molecular weight is 272 g/mol. The van der Waals surface area contributed by atoms with Crippen molar-refractivity contribution >= 4 is 11.7 Å². The van der Waals surface area contributed by atoms with Crippen LogP contribution in [0.5, 0.6) is 0 Å². The molecule has 0 bridgehead atoms. The number of hydrogen-bond donors (Lipinski definition) is 2. The molecule has 1 aromatic carbocycles. The first-order chi connectivity index (χ1) is 8.93. The molecule has 4 nitrogen and oxygen atoms in total. The number of nitrogens with zero attached hydrogens (tertiary/aromatic N) is 1. The molecule has 106 valence electrons. The highest BCUT2D eigenvalue weighted by molar-refractivity contribution is 5.89. The zero-order valence-electron chi connectivity index (χ0n) is 11.0. The van der Waals surface area contributed by atoms with Crippen LogP contribution in [0.4, 0.5) is 19.3 Å². The summed E-state index contributed by atoms with van der Waals surface area (Å²) in [5, 5.41) is 11.2. The number of rotatable bonds is 5. The van der Waals surface area contributed by atoms with Gasteiger partial charge in [-0.05, 0) is 32.4 Å². The molecule has 0 saturated carbocycles.